The number of carbonyl (C=O) groups excluding carboxylic acids is 2. The van der Waals surface area contributed by atoms with Crippen LogP contribution in [0.5, 0.6) is 0 Å². The van der Waals surface area contributed by atoms with Crippen molar-refractivity contribution in [1.82, 2.24) is 9.88 Å². The molecule has 1 saturated heterocycles. The number of nitrogens with one attached hydrogen (secondary N) is 1. The number of pyridine rings is 1. The number of nitriles is 1. The van der Waals surface area contributed by atoms with Crippen LogP contribution in [0, 0.1) is 11.3 Å². The number of halogens is 2. The van der Waals surface area contributed by atoms with Crippen molar-refractivity contribution in [2.24, 2.45) is 0 Å². The molecule has 3 heterocycles. The van der Waals surface area contributed by atoms with Gasteiger partial charge in [0, 0.05) is 43.5 Å². The molecule has 5 rings (SSSR count). The number of fused-ring (bicyclic) bond motifs is 2. The third kappa shape index (κ3) is 4.94. The number of ketones is 1. The zero-order valence-electron chi connectivity index (χ0n) is 21.2. The lowest BCUT2D eigenvalue weighted by Crippen LogP contribution is -2.36. The second-order valence-electron chi connectivity index (χ2n) is 9.88. The van der Waals surface area contributed by atoms with Gasteiger partial charge in [-0.25, -0.2) is 8.78 Å². The Kier molecular flexibility index (Phi) is 6.57. The van der Waals surface area contributed by atoms with Crippen LogP contribution < -0.4 is 10.2 Å². The summed E-state index contributed by atoms with van der Waals surface area (Å²) in [4.78, 5) is 33.1. The number of allylic oxidation sites excluding steroid dienone is 1. The summed E-state index contributed by atoms with van der Waals surface area (Å²) in [7, 11) is 2.03. The van der Waals surface area contributed by atoms with E-state index < -0.39 is 30.8 Å². The van der Waals surface area contributed by atoms with Crippen molar-refractivity contribution in [2.45, 2.75) is 38.2 Å². The number of likely N-dealkylation sites (tertiary alicyclic amines) is 1. The fraction of sp³-hybridized carbons (Fsp3) is 0.310. The zero-order valence-corrected chi connectivity index (χ0v) is 21.2. The molecule has 7 nitrogen and oxygen atoms in total. The first-order chi connectivity index (χ1) is 18.1. The molecule has 1 fully saturated rings. The number of hydrogen-bond donors (Lipinski definition) is 1. The predicted molar refractivity (Wildman–Crippen MR) is 143 cm³/mol. The molecule has 0 bridgehead atoms. The standard InChI is InChI=1S/C29H27F2N5O2/c1-18(20-4-6-26-25(13-20)34-17-35(26)2)11-19-3-5-24-23(12-19)22(9-10-33-24)27(37)7-8-28(38)36-16-29(30,31)14-21(36)15-32/h3-6,9-13,21,34H,7-8,14,16-17H2,1-2H3/b18-11+/t21-/m0/s1. The fourth-order valence-corrected chi connectivity index (χ4v) is 5.07. The van der Waals surface area contributed by atoms with Crippen LogP contribution in [-0.2, 0) is 4.79 Å². The molecule has 0 spiro atoms. The van der Waals surface area contributed by atoms with Crippen LogP contribution in [0.1, 0.15) is 47.7 Å². The number of anilines is 2. The number of carbonyl (C=O) groups is 2. The van der Waals surface area contributed by atoms with Crippen molar-refractivity contribution < 1.29 is 18.4 Å². The van der Waals surface area contributed by atoms with Gasteiger partial charge in [-0.1, -0.05) is 18.2 Å². The van der Waals surface area contributed by atoms with Gasteiger partial charge in [-0.05, 0) is 54.0 Å². The Morgan fingerprint density at radius 3 is 2.82 bits per heavy atom. The third-order valence-corrected chi connectivity index (χ3v) is 7.12. The van der Waals surface area contributed by atoms with Crippen molar-refractivity contribution in [3.63, 3.8) is 0 Å². The Labute approximate surface area is 219 Å². The normalized spacial score (nSPS) is 18.3. The maximum absolute atomic E-state index is 13.7. The summed E-state index contributed by atoms with van der Waals surface area (Å²) in [5, 5.41) is 13.2. The van der Waals surface area contributed by atoms with Gasteiger partial charge >= 0.3 is 0 Å². The number of aromatic nitrogens is 1. The van der Waals surface area contributed by atoms with E-state index in [4.69, 9.17) is 5.26 Å². The van der Waals surface area contributed by atoms with Crippen LogP contribution in [0.2, 0.25) is 0 Å². The minimum Gasteiger partial charge on any atom is -0.366 e. The number of nitrogens with zero attached hydrogens (tertiary/aromatic N) is 4. The van der Waals surface area contributed by atoms with Crippen LogP contribution in [0.15, 0.2) is 48.7 Å². The molecular weight excluding hydrogens is 488 g/mol. The average Bonchev–Trinajstić information content (AvgIpc) is 3.44. The second-order valence-corrected chi connectivity index (χ2v) is 9.88. The number of rotatable bonds is 6. The molecule has 1 amide bonds. The van der Waals surface area contributed by atoms with E-state index in [0.29, 0.717) is 16.5 Å². The van der Waals surface area contributed by atoms with Crippen LogP contribution in [0.3, 0.4) is 0 Å². The average molecular weight is 516 g/mol. The highest BCUT2D eigenvalue weighted by Gasteiger charge is 2.47. The lowest BCUT2D eigenvalue weighted by atomic mass is 9.98. The van der Waals surface area contributed by atoms with Gasteiger partial charge in [-0.15, -0.1) is 0 Å². The van der Waals surface area contributed by atoms with Gasteiger partial charge in [-0.3, -0.25) is 14.6 Å². The van der Waals surface area contributed by atoms with E-state index in [0.717, 1.165) is 39.6 Å². The van der Waals surface area contributed by atoms with Gasteiger partial charge in [0.25, 0.3) is 5.92 Å². The van der Waals surface area contributed by atoms with E-state index in [2.05, 4.69) is 33.4 Å². The molecule has 1 N–H and O–H groups in total. The van der Waals surface area contributed by atoms with E-state index >= 15 is 0 Å². The van der Waals surface area contributed by atoms with Crippen molar-refractivity contribution in [3.05, 3.63) is 65.4 Å². The van der Waals surface area contributed by atoms with E-state index in [1.165, 1.54) is 0 Å². The molecule has 2 aromatic carbocycles. The van der Waals surface area contributed by atoms with Crippen LogP contribution in [0.25, 0.3) is 22.6 Å². The second kappa shape index (κ2) is 9.86. The van der Waals surface area contributed by atoms with E-state index in [-0.39, 0.29) is 18.6 Å². The number of Topliss-reactive ketones (excluding diaryl/α,β-unsaturated/α-hetero) is 1. The summed E-state index contributed by atoms with van der Waals surface area (Å²) in [5.74, 6) is -3.98. The largest absolute Gasteiger partial charge is 0.366 e. The number of alkyl halides is 2. The van der Waals surface area contributed by atoms with Gasteiger partial charge < -0.3 is 15.1 Å². The lowest BCUT2D eigenvalue weighted by Gasteiger charge is -2.18. The van der Waals surface area contributed by atoms with Crippen LogP contribution in [0.4, 0.5) is 20.2 Å². The van der Waals surface area contributed by atoms with Crippen molar-refractivity contribution >= 4 is 45.6 Å². The monoisotopic (exact) mass is 515 g/mol. The van der Waals surface area contributed by atoms with Gasteiger partial charge in [0.1, 0.15) is 6.04 Å². The van der Waals surface area contributed by atoms with Crippen LogP contribution >= 0.6 is 0 Å². The van der Waals surface area contributed by atoms with Crippen molar-refractivity contribution in [1.29, 1.82) is 5.26 Å². The van der Waals surface area contributed by atoms with Gasteiger partial charge in [0.05, 0.1) is 36.2 Å². The molecule has 3 aromatic rings. The first-order valence-electron chi connectivity index (χ1n) is 12.4. The fourth-order valence-electron chi connectivity index (χ4n) is 5.07. The van der Waals surface area contributed by atoms with Gasteiger partial charge in [0.2, 0.25) is 5.91 Å². The smallest absolute Gasteiger partial charge is 0.268 e. The summed E-state index contributed by atoms with van der Waals surface area (Å²) in [6.45, 7) is 2.01. The van der Waals surface area contributed by atoms with E-state index in [9.17, 15) is 18.4 Å². The number of hydrogen-bond acceptors (Lipinski definition) is 6. The number of amides is 1. The first kappa shape index (κ1) is 25.3. The highest BCUT2D eigenvalue weighted by atomic mass is 19.3. The van der Waals surface area contributed by atoms with Crippen LogP contribution in [-0.4, -0.2) is 53.8 Å². The maximum atomic E-state index is 13.7. The summed E-state index contributed by atoms with van der Waals surface area (Å²) >= 11 is 0. The summed E-state index contributed by atoms with van der Waals surface area (Å²) in [6.07, 6.45) is 2.53. The highest BCUT2D eigenvalue weighted by Crippen LogP contribution is 2.34. The maximum Gasteiger partial charge on any atom is 0.268 e. The van der Waals surface area contributed by atoms with E-state index in [1.54, 1.807) is 18.3 Å². The Morgan fingerprint density at radius 2 is 2.03 bits per heavy atom. The molecule has 0 aliphatic carbocycles. The van der Waals surface area contributed by atoms with Crippen molar-refractivity contribution in [2.75, 3.05) is 30.5 Å². The molecule has 2 aliphatic heterocycles. The minimum atomic E-state index is -3.09. The molecule has 1 aromatic heterocycles. The molecule has 0 saturated carbocycles. The van der Waals surface area contributed by atoms with E-state index in [1.807, 2.05) is 38.2 Å². The number of benzene rings is 2. The van der Waals surface area contributed by atoms with Gasteiger partial charge in [-0.2, -0.15) is 5.26 Å². The minimum absolute atomic E-state index is 0.145. The Bertz CT molecular complexity index is 1510. The third-order valence-electron chi connectivity index (χ3n) is 7.12. The van der Waals surface area contributed by atoms with Gasteiger partial charge in [0.15, 0.2) is 5.78 Å². The molecule has 194 valence electrons. The predicted octanol–water partition coefficient (Wildman–Crippen LogP) is 5.34. The summed E-state index contributed by atoms with van der Waals surface area (Å²) < 4.78 is 27.4. The molecule has 0 radical (unpaired) electrons. The molecule has 1 atom stereocenters. The molecule has 2 aliphatic rings. The summed E-state index contributed by atoms with van der Waals surface area (Å²) in [5.41, 5.74) is 6.34. The highest BCUT2D eigenvalue weighted by molar-refractivity contribution is 6.08. The molecule has 9 heteroatoms. The zero-order chi connectivity index (χ0) is 27.0. The Morgan fingerprint density at radius 1 is 1.21 bits per heavy atom. The molecule has 0 unspecified atom stereocenters. The summed E-state index contributed by atoms with van der Waals surface area (Å²) in [6, 6.07) is 14.2. The van der Waals surface area contributed by atoms with Crippen molar-refractivity contribution in [3.8, 4) is 6.07 Å². The molecular formula is C29H27F2N5O2. The molecule has 38 heavy (non-hydrogen) atoms. The topological polar surface area (TPSA) is 89.3 Å². The Hall–Kier alpha value is -4.32. The Balaban J connectivity index is 1.35. The quantitative estimate of drug-likeness (QED) is 0.352. The lowest BCUT2D eigenvalue weighted by molar-refractivity contribution is -0.132. The SMILES string of the molecule is C/C(=C\c1ccc2nccc(C(=O)CCC(=O)N3CC(F)(F)C[C@H]3C#N)c2c1)c1ccc2c(c1)NCN2C. The first-order valence-corrected chi connectivity index (χ1v) is 12.4.